The van der Waals surface area contributed by atoms with Crippen molar-refractivity contribution in [1.82, 2.24) is 5.32 Å². The monoisotopic (exact) mass is 262 g/mol. The molecule has 19 heavy (non-hydrogen) atoms. The Balaban J connectivity index is 2.04. The Hall–Kier alpha value is -0.900. The fourth-order valence-electron chi connectivity index (χ4n) is 2.70. The number of aliphatic hydroxyl groups excluding tert-OH is 1. The van der Waals surface area contributed by atoms with Gasteiger partial charge in [-0.15, -0.1) is 0 Å². The summed E-state index contributed by atoms with van der Waals surface area (Å²) in [5.74, 6) is 0.750. The minimum Gasteiger partial charge on any atom is -0.396 e. The van der Waals surface area contributed by atoms with Crippen molar-refractivity contribution >= 4 is 0 Å². The molecule has 1 saturated carbocycles. The maximum Gasteiger partial charge on any atom is 0.0449 e. The van der Waals surface area contributed by atoms with E-state index in [0.29, 0.717) is 12.6 Å². The maximum absolute atomic E-state index is 8.90. The van der Waals surface area contributed by atoms with E-state index in [2.05, 4.69) is 36.5 Å². The molecule has 2 unspecified atom stereocenters. The third kappa shape index (κ3) is 4.03. The highest BCUT2D eigenvalue weighted by Crippen LogP contribution is 2.42. The Morgan fingerprint density at radius 2 is 2.11 bits per heavy atom. The summed E-state index contributed by atoms with van der Waals surface area (Å²) in [4.78, 5) is 0. The van der Waals surface area contributed by atoms with Gasteiger partial charge in [0.1, 0.15) is 0 Å². The van der Waals surface area contributed by atoms with E-state index in [1.807, 2.05) is 0 Å². The molecule has 0 spiro atoms. The molecular weight excluding hydrogens is 236 g/mol. The second-order valence-electron chi connectivity index (χ2n) is 5.63. The van der Waals surface area contributed by atoms with Crippen LogP contribution in [-0.4, -0.2) is 24.3 Å². The quantitative estimate of drug-likeness (QED) is 0.674. The standard InChI is InChI=1S/C16H26N2O/c1-12(5-4-10-19)18-16(11-17)15-7-3-2-6-14(15)13-8-9-13/h2-3,6-7,12-13,16,18-19H,4-5,8-11,17H2,1H3. The normalized spacial score (nSPS) is 18.3. The van der Waals surface area contributed by atoms with E-state index in [-0.39, 0.29) is 12.6 Å². The van der Waals surface area contributed by atoms with Gasteiger partial charge in [0, 0.05) is 25.2 Å². The first-order chi connectivity index (χ1) is 9.26. The highest BCUT2D eigenvalue weighted by atomic mass is 16.2. The van der Waals surface area contributed by atoms with Crippen LogP contribution in [0.4, 0.5) is 0 Å². The van der Waals surface area contributed by atoms with Crippen molar-refractivity contribution in [3.8, 4) is 0 Å². The molecule has 4 N–H and O–H groups in total. The molecule has 0 heterocycles. The molecule has 1 aliphatic rings. The summed E-state index contributed by atoms with van der Waals surface area (Å²) in [6.07, 6.45) is 4.46. The van der Waals surface area contributed by atoms with Crippen LogP contribution in [-0.2, 0) is 0 Å². The lowest BCUT2D eigenvalue weighted by Gasteiger charge is -2.24. The zero-order valence-electron chi connectivity index (χ0n) is 11.8. The van der Waals surface area contributed by atoms with E-state index in [0.717, 1.165) is 18.8 Å². The molecule has 2 atom stereocenters. The lowest BCUT2D eigenvalue weighted by molar-refractivity contribution is 0.274. The molecular formula is C16H26N2O. The molecule has 2 rings (SSSR count). The fraction of sp³-hybridized carbons (Fsp3) is 0.625. The number of hydrogen-bond acceptors (Lipinski definition) is 3. The Kier molecular flexibility index (Phi) is 5.37. The van der Waals surface area contributed by atoms with Crippen LogP contribution in [0.15, 0.2) is 24.3 Å². The molecule has 3 heteroatoms. The lowest BCUT2D eigenvalue weighted by Crippen LogP contribution is -2.35. The Bertz CT molecular complexity index is 390. The Morgan fingerprint density at radius 1 is 1.37 bits per heavy atom. The van der Waals surface area contributed by atoms with E-state index < -0.39 is 0 Å². The van der Waals surface area contributed by atoms with Gasteiger partial charge in [-0.1, -0.05) is 24.3 Å². The second kappa shape index (κ2) is 7.04. The molecule has 0 radical (unpaired) electrons. The number of nitrogens with one attached hydrogen (secondary N) is 1. The van der Waals surface area contributed by atoms with Gasteiger partial charge in [0.15, 0.2) is 0 Å². The Labute approximate surface area is 116 Å². The van der Waals surface area contributed by atoms with Gasteiger partial charge < -0.3 is 16.2 Å². The number of aliphatic hydroxyl groups is 1. The van der Waals surface area contributed by atoms with Crippen molar-refractivity contribution in [1.29, 1.82) is 0 Å². The zero-order valence-corrected chi connectivity index (χ0v) is 11.8. The topological polar surface area (TPSA) is 58.3 Å². The van der Waals surface area contributed by atoms with E-state index in [1.54, 1.807) is 0 Å². The molecule has 1 aliphatic carbocycles. The molecule has 0 aromatic heterocycles. The van der Waals surface area contributed by atoms with Crippen molar-refractivity contribution in [3.05, 3.63) is 35.4 Å². The van der Waals surface area contributed by atoms with Gasteiger partial charge in [-0.25, -0.2) is 0 Å². The highest BCUT2D eigenvalue weighted by Gasteiger charge is 2.27. The van der Waals surface area contributed by atoms with E-state index in [1.165, 1.54) is 24.0 Å². The van der Waals surface area contributed by atoms with Crippen LogP contribution in [0.25, 0.3) is 0 Å². The number of benzene rings is 1. The summed E-state index contributed by atoms with van der Waals surface area (Å²) in [5.41, 5.74) is 8.80. The average molecular weight is 262 g/mol. The molecule has 1 aromatic rings. The van der Waals surface area contributed by atoms with Crippen LogP contribution in [0.2, 0.25) is 0 Å². The second-order valence-corrected chi connectivity index (χ2v) is 5.63. The number of nitrogens with two attached hydrogens (primary N) is 1. The summed E-state index contributed by atoms with van der Waals surface area (Å²) < 4.78 is 0. The summed E-state index contributed by atoms with van der Waals surface area (Å²) in [7, 11) is 0. The first-order valence-electron chi connectivity index (χ1n) is 7.42. The summed E-state index contributed by atoms with van der Waals surface area (Å²) in [6, 6.07) is 9.29. The molecule has 106 valence electrons. The zero-order chi connectivity index (χ0) is 13.7. The average Bonchev–Trinajstić information content (AvgIpc) is 3.27. The van der Waals surface area contributed by atoms with Crippen LogP contribution < -0.4 is 11.1 Å². The number of rotatable bonds is 8. The van der Waals surface area contributed by atoms with Crippen molar-refractivity contribution < 1.29 is 5.11 Å². The molecule has 1 fully saturated rings. The van der Waals surface area contributed by atoms with Crippen molar-refractivity contribution in [2.75, 3.05) is 13.2 Å². The fourth-order valence-corrected chi connectivity index (χ4v) is 2.70. The first kappa shape index (κ1) is 14.5. The van der Waals surface area contributed by atoms with Crippen LogP contribution in [0.3, 0.4) is 0 Å². The molecule has 3 nitrogen and oxygen atoms in total. The van der Waals surface area contributed by atoms with Crippen LogP contribution in [0.1, 0.15) is 55.7 Å². The molecule has 0 amide bonds. The minimum absolute atomic E-state index is 0.227. The highest BCUT2D eigenvalue weighted by molar-refractivity contribution is 5.35. The minimum atomic E-state index is 0.227. The first-order valence-corrected chi connectivity index (χ1v) is 7.42. The summed E-state index contributed by atoms with van der Waals surface area (Å²) >= 11 is 0. The van der Waals surface area contributed by atoms with E-state index in [4.69, 9.17) is 10.8 Å². The SMILES string of the molecule is CC(CCCO)NC(CN)c1ccccc1C1CC1. The van der Waals surface area contributed by atoms with Crippen LogP contribution in [0, 0.1) is 0 Å². The summed E-state index contributed by atoms with van der Waals surface area (Å²) in [6.45, 7) is 3.04. The van der Waals surface area contributed by atoms with Gasteiger partial charge in [0.2, 0.25) is 0 Å². The van der Waals surface area contributed by atoms with Gasteiger partial charge in [-0.05, 0) is 49.7 Å². The predicted molar refractivity (Wildman–Crippen MR) is 79.1 cm³/mol. The smallest absolute Gasteiger partial charge is 0.0449 e. The van der Waals surface area contributed by atoms with Crippen molar-refractivity contribution in [3.63, 3.8) is 0 Å². The van der Waals surface area contributed by atoms with Gasteiger partial charge in [-0.2, -0.15) is 0 Å². The summed E-state index contributed by atoms with van der Waals surface area (Å²) in [5, 5.41) is 12.5. The van der Waals surface area contributed by atoms with E-state index >= 15 is 0 Å². The predicted octanol–water partition coefficient (Wildman–Crippen LogP) is 2.31. The van der Waals surface area contributed by atoms with Gasteiger partial charge in [0.25, 0.3) is 0 Å². The van der Waals surface area contributed by atoms with Crippen molar-refractivity contribution in [2.45, 2.75) is 50.6 Å². The molecule has 0 aliphatic heterocycles. The lowest BCUT2D eigenvalue weighted by atomic mass is 9.96. The van der Waals surface area contributed by atoms with Crippen LogP contribution >= 0.6 is 0 Å². The van der Waals surface area contributed by atoms with Gasteiger partial charge in [0.05, 0.1) is 0 Å². The largest absolute Gasteiger partial charge is 0.396 e. The Morgan fingerprint density at radius 3 is 2.74 bits per heavy atom. The number of hydrogen-bond donors (Lipinski definition) is 3. The maximum atomic E-state index is 8.90. The molecule has 0 bridgehead atoms. The van der Waals surface area contributed by atoms with E-state index in [9.17, 15) is 0 Å². The third-order valence-electron chi connectivity index (χ3n) is 3.91. The van der Waals surface area contributed by atoms with Crippen molar-refractivity contribution in [2.24, 2.45) is 5.73 Å². The van der Waals surface area contributed by atoms with Crippen LogP contribution in [0.5, 0.6) is 0 Å². The van der Waals surface area contributed by atoms with Gasteiger partial charge in [-0.3, -0.25) is 0 Å². The van der Waals surface area contributed by atoms with Gasteiger partial charge >= 0.3 is 0 Å². The molecule has 1 aromatic carbocycles. The molecule has 0 saturated heterocycles. The third-order valence-corrected chi connectivity index (χ3v) is 3.91.